The van der Waals surface area contributed by atoms with Crippen molar-refractivity contribution in [3.05, 3.63) is 84.3 Å². The fraction of sp³-hybridized carbons (Fsp3) is 0.174. The lowest BCUT2D eigenvalue weighted by Gasteiger charge is -2.37. The second-order valence-corrected chi connectivity index (χ2v) is 7.46. The van der Waals surface area contributed by atoms with E-state index in [9.17, 15) is 9.59 Å². The third kappa shape index (κ3) is 4.92. The molecule has 2 N–H and O–H groups in total. The third-order valence-electron chi connectivity index (χ3n) is 5.05. The van der Waals surface area contributed by atoms with Crippen molar-refractivity contribution >= 4 is 40.5 Å². The van der Waals surface area contributed by atoms with Gasteiger partial charge in [-0.1, -0.05) is 30.3 Å². The summed E-state index contributed by atoms with van der Waals surface area (Å²) >= 11 is 5.30. The highest BCUT2D eigenvalue weighted by atomic mass is 32.1. The highest BCUT2D eigenvalue weighted by molar-refractivity contribution is 7.80. The highest BCUT2D eigenvalue weighted by Crippen LogP contribution is 2.27. The molecule has 7 nitrogen and oxygen atoms in total. The Morgan fingerprint density at radius 2 is 1.58 bits per heavy atom. The summed E-state index contributed by atoms with van der Waals surface area (Å²) in [5.41, 5.74) is 2.45. The summed E-state index contributed by atoms with van der Waals surface area (Å²) in [7, 11) is 0. The molecule has 0 spiro atoms. The normalized spacial score (nSPS) is 13.5. The summed E-state index contributed by atoms with van der Waals surface area (Å²) in [6, 6.07) is 20.3. The summed E-state index contributed by atoms with van der Waals surface area (Å²) in [5, 5.41) is 5.90. The van der Waals surface area contributed by atoms with E-state index in [1.54, 1.807) is 12.1 Å². The van der Waals surface area contributed by atoms with E-state index in [2.05, 4.69) is 15.5 Å². The molecule has 1 fully saturated rings. The van der Waals surface area contributed by atoms with Gasteiger partial charge in [-0.3, -0.25) is 14.9 Å². The van der Waals surface area contributed by atoms with E-state index in [1.165, 1.54) is 6.26 Å². The van der Waals surface area contributed by atoms with E-state index in [0.29, 0.717) is 31.7 Å². The van der Waals surface area contributed by atoms with Crippen molar-refractivity contribution in [2.75, 3.05) is 36.4 Å². The Morgan fingerprint density at radius 1 is 0.871 bits per heavy atom. The number of piperazine rings is 1. The fourth-order valence-electron chi connectivity index (χ4n) is 3.49. The molecule has 31 heavy (non-hydrogen) atoms. The first-order valence-corrected chi connectivity index (χ1v) is 10.4. The van der Waals surface area contributed by atoms with Crippen LogP contribution in [0.5, 0.6) is 0 Å². The number of nitrogens with zero attached hydrogens (tertiary/aromatic N) is 2. The van der Waals surface area contributed by atoms with Crippen molar-refractivity contribution in [2.45, 2.75) is 0 Å². The minimum Gasteiger partial charge on any atom is -0.459 e. The van der Waals surface area contributed by atoms with Gasteiger partial charge >= 0.3 is 0 Å². The van der Waals surface area contributed by atoms with E-state index in [-0.39, 0.29) is 16.8 Å². The molecule has 8 heteroatoms. The number of thiocarbonyl (C=S) groups is 1. The Hall–Kier alpha value is -3.65. The Morgan fingerprint density at radius 3 is 2.29 bits per heavy atom. The van der Waals surface area contributed by atoms with Gasteiger partial charge in [-0.25, -0.2) is 0 Å². The number of para-hydroxylation sites is 2. The molecule has 0 unspecified atom stereocenters. The number of furan rings is 1. The summed E-state index contributed by atoms with van der Waals surface area (Å²) in [6.07, 6.45) is 1.43. The second kappa shape index (κ2) is 9.44. The van der Waals surface area contributed by atoms with Gasteiger partial charge in [-0.15, -0.1) is 0 Å². The van der Waals surface area contributed by atoms with Gasteiger partial charge in [-0.05, 0) is 48.6 Å². The number of amides is 2. The maximum absolute atomic E-state index is 12.7. The van der Waals surface area contributed by atoms with Gasteiger partial charge in [0.05, 0.1) is 17.6 Å². The number of carbonyl (C=O) groups excluding carboxylic acids is 2. The minimum absolute atomic E-state index is 0.0495. The van der Waals surface area contributed by atoms with E-state index in [0.717, 1.165) is 11.4 Å². The van der Waals surface area contributed by atoms with Crippen LogP contribution in [0.4, 0.5) is 11.4 Å². The van der Waals surface area contributed by atoms with Crippen molar-refractivity contribution in [2.24, 2.45) is 0 Å². The lowest BCUT2D eigenvalue weighted by atomic mass is 10.1. The number of rotatable bonds is 4. The number of hydrogen-bond acceptors (Lipinski definition) is 5. The largest absolute Gasteiger partial charge is 0.459 e. The molecule has 4 rings (SSSR count). The van der Waals surface area contributed by atoms with Crippen molar-refractivity contribution in [1.82, 2.24) is 10.2 Å². The summed E-state index contributed by atoms with van der Waals surface area (Å²) < 4.78 is 5.09. The van der Waals surface area contributed by atoms with Crippen LogP contribution < -0.4 is 15.5 Å². The first-order chi connectivity index (χ1) is 15.1. The van der Waals surface area contributed by atoms with Crippen LogP contribution in [0.1, 0.15) is 20.9 Å². The standard InChI is InChI=1S/C23H22N4O3S/c28-21(20-11-6-16-30-20)25-23(31)24-18-9-4-5-10-19(18)26-12-14-27(15-13-26)22(29)17-7-2-1-3-8-17/h1-11,16H,12-15H2,(H2,24,25,28,31). The Balaban J connectivity index is 1.38. The van der Waals surface area contributed by atoms with E-state index >= 15 is 0 Å². The fourth-order valence-corrected chi connectivity index (χ4v) is 3.70. The van der Waals surface area contributed by atoms with Crippen LogP contribution in [0.2, 0.25) is 0 Å². The van der Waals surface area contributed by atoms with Crippen molar-refractivity contribution in [1.29, 1.82) is 0 Å². The Kier molecular flexibility index (Phi) is 6.28. The van der Waals surface area contributed by atoms with Crippen LogP contribution in [0, 0.1) is 0 Å². The van der Waals surface area contributed by atoms with Gasteiger partial charge in [0.1, 0.15) is 0 Å². The number of nitrogens with one attached hydrogen (secondary N) is 2. The molecule has 158 valence electrons. The number of carbonyl (C=O) groups is 2. The Labute approximate surface area is 185 Å². The van der Waals surface area contributed by atoms with Crippen LogP contribution in [-0.2, 0) is 0 Å². The van der Waals surface area contributed by atoms with E-state index in [1.807, 2.05) is 59.5 Å². The predicted molar refractivity (Wildman–Crippen MR) is 123 cm³/mol. The molecule has 1 aliphatic rings. The van der Waals surface area contributed by atoms with Crippen molar-refractivity contribution in [3.63, 3.8) is 0 Å². The maximum Gasteiger partial charge on any atom is 0.293 e. The van der Waals surface area contributed by atoms with Gasteiger partial charge < -0.3 is 19.5 Å². The molecule has 2 aromatic carbocycles. The number of anilines is 2. The molecule has 1 aliphatic heterocycles. The molecular formula is C23H22N4O3S. The van der Waals surface area contributed by atoms with Gasteiger partial charge in [0.2, 0.25) is 0 Å². The molecule has 0 saturated carbocycles. The molecule has 2 amide bonds. The van der Waals surface area contributed by atoms with Crippen molar-refractivity contribution < 1.29 is 14.0 Å². The van der Waals surface area contributed by atoms with Crippen LogP contribution in [0.15, 0.2) is 77.4 Å². The van der Waals surface area contributed by atoms with Crippen LogP contribution in [0.25, 0.3) is 0 Å². The van der Waals surface area contributed by atoms with Crippen LogP contribution in [0.3, 0.4) is 0 Å². The molecule has 0 atom stereocenters. The molecular weight excluding hydrogens is 412 g/mol. The zero-order chi connectivity index (χ0) is 21.6. The van der Waals surface area contributed by atoms with Gasteiger partial charge in [0, 0.05) is 31.7 Å². The lowest BCUT2D eigenvalue weighted by Crippen LogP contribution is -2.49. The zero-order valence-corrected chi connectivity index (χ0v) is 17.6. The zero-order valence-electron chi connectivity index (χ0n) is 16.8. The number of hydrogen-bond donors (Lipinski definition) is 2. The van der Waals surface area contributed by atoms with Gasteiger partial charge in [-0.2, -0.15) is 0 Å². The third-order valence-corrected chi connectivity index (χ3v) is 5.26. The Bertz CT molecular complexity index is 1060. The molecule has 0 radical (unpaired) electrons. The first-order valence-electron chi connectivity index (χ1n) is 9.96. The molecule has 2 heterocycles. The average molecular weight is 435 g/mol. The second-order valence-electron chi connectivity index (χ2n) is 7.05. The summed E-state index contributed by atoms with van der Waals surface area (Å²) in [6.45, 7) is 2.65. The van der Waals surface area contributed by atoms with Crippen LogP contribution in [-0.4, -0.2) is 48.0 Å². The lowest BCUT2D eigenvalue weighted by molar-refractivity contribution is 0.0746. The molecule has 1 aromatic heterocycles. The topological polar surface area (TPSA) is 77.8 Å². The van der Waals surface area contributed by atoms with E-state index in [4.69, 9.17) is 16.6 Å². The quantitative estimate of drug-likeness (QED) is 0.613. The average Bonchev–Trinajstić information content (AvgIpc) is 3.35. The van der Waals surface area contributed by atoms with Gasteiger partial charge in [0.25, 0.3) is 11.8 Å². The maximum atomic E-state index is 12.7. The SMILES string of the molecule is O=C(NC(=S)Nc1ccccc1N1CCN(C(=O)c2ccccc2)CC1)c1ccco1. The molecule has 1 saturated heterocycles. The van der Waals surface area contributed by atoms with Crippen molar-refractivity contribution in [3.8, 4) is 0 Å². The van der Waals surface area contributed by atoms with Crippen LogP contribution >= 0.6 is 12.2 Å². The predicted octanol–water partition coefficient (Wildman–Crippen LogP) is 3.37. The summed E-state index contributed by atoms with van der Waals surface area (Å²) in [4.78, 5) is 28.9. The monoisotopic (exact) mass is 434 g/mol. The molecule has 0 bridgehead atoms. The summed E-state index contributed by atoms with van der Waals surface area (Å²) in [5.74, 6) is -0.168. The highest BCUT2D eigenvalue weighted by Gasteiger charge is 2.23. The minimum atomic E-state index is -0.409. The number of benzene rings is 2. The van der Waals surface area contributed by atoms with Gasteiger partial charge in [0.15, 0.2) is 10.9 Å². The molecule has 0 aliphatic carbocycles. The van der Waals surface area contributed by atoms with E-state index < -0.39 is 5.91 Å². The smallest absolute Gasteiger partial charge is 0.293 e. The molecule has 3 aromatic rings. The first kappa shape index (κ1) is 20.6.